The van der Waals surface area contributed by atoms with Gasteiger partial charge < -0.3 is 41.0 Å². The quantitative estimate of drug-likeness (QED) is 0.0620. The number of nitrogens with one attached hydrogen (secondary N) is 3. The molecule has 0 spiro atoms. The van der Waals surface area contributed by atoms with Crippen molar-refractivity contribution in [3.05, 3.63) is 316 Å². The molecule has 0 unspecified atom stereocenters. The van der Waals surface area contributed by atoms with E-state index in [1.807, 2.05) is 166 Å². The molecule has 0 saturated carbocycles. The van der Waals surface area contributed by atoms with Crippen molar-refractivity contribution in [1.29, 1.82) is 0 Å². The van der Waals surface area contributed by atoms with Crippen LogP contribution in [0.4, 0.5) is 29.1 Å². The largest absolute Gasteiger partial charge is 1.00 e. The van der Waals surface area contributed by atoms with E-state index in [0.29, 0.717) is 49.1 Å². The molecule has 0 aliphatic rings. The molecular weight excluding hydrogens is 1670 g/mol. The SMILES string of the molecule is C#C[Si](C)(C)C.Cc1cnc(N)c(Br)c1.Cc1cnc(Nc2nc(Cl)cn(Cc3ccccc3)c2=O)c(Br)c1.Cc1cnc(Nc2nc(Cl)cn(Cc3ccccc3)c2=O)c(C#C[Si](C)(C)C)c1.Cc1cnc2[nH]c3c(=O)n(Cc4ccccc4)cc([Si](C)(C)C)c3c2c1.O=c1c(Cl)nc(Cl)cn1Cc1ccccc1.[H-].[Na+]. The number of rotatable bonds is 13. The molecule has 9 heterocycles. The second-order valence-electron chi connectivity index (χ2n) is 28.7. The van der Waals surface area contributed by atoms with Crippen LogP contribution in [0.15, 0.2) is 223 Å². The number of hydrogen-bond donors (Lipinski definition) is 4. The Kier molecular flexibility index (Phi) is 33.1. The number of H-pyrrole nitrogens is 1. The topological polar surface area (TPSA) is 244 Å². The zero-order chi connectivity index (χ0) is 80.2. The number of hydrogen-bond acceptors (Lipinski definition) is 14. The van der Waals surface area contributed by atoms with E-state index in [4.69, 9.17) is 58.6 Å². The molecule has 5 N–H and O–H groups in total. The maximum absolute atomic E-state index is 13.2. The van der Waals surface area contributed by atoms with Gasteiger partial charge in [-0.3, -0.25) is 19.2 Å². The van der Waals surface area contributed by atoms with Gasteiger partial charge in [-0.25, -0.2) is 34.9 Å². The number of fused-ring (bicyclic) bond motifs is 3. The van der Waals surface area contributed by atoms with Crippen molar-refractivity contribution >= 4 is 159 Å². The van der Waals surface area contributed by atoms with Gasteiger partial charge >= 0.3 is 29.6 Å². The minimum absolute atomic E-state index is 0. The average molecular weight is 1750 g/mol. The second kappa shape index (κ2) is 41.1. The van der Waals surface area contributed by atoms with Crippen molar-refractivity contribution < 1.29 is 31.0 Å². The first-order valence-electron chi connectivity index (χ1n) is 34.7. The Balaban J connectivity index is 0.000000220. The van der Waals surface area contributed by atoms with Gasteiger partial charge in [0.25, 0.3) is 22.2 Å². The van der Waals surface area contributed by atoms with Gasteiger partial charge in [0.2, 0.25) is 0 Å². The number of nitrogen functional groups attached to an aromatic ring is 1. The molecule has 29 heteroatoms. The van der Waals surface area contributed by atoms with Gasteiger partial charge in [-0.1, -0.05) is 233 Å². The van der Waals surface area contributed by atoms with Crippen molar-refractivity contribution in [3.63, 3.8) is 0 Å². The number of aryl methyl sites for hydroxylation is 4. The number of aromatic nitrogens is 12. The van der Waals surface area contributed by atoms with E-state index in [0.717, 1.165) is 75.4 Å². The molecule has 4 aromatic carbocycles. The molecule has 0 aliphatic carbocycles. The van der Waals surface area contributed by atoms with Crippen molar-refractivity contribution in [3.8, 4) is 23.4 Å². The van der Waals surface area contributed by atoms with Crippen LogP contribution in [-0.2, 0) is 26.2 Å². The van der Waals surface area contributed by atoms with Crippen LogP contribution in [0.3, 0.4) is 0 Å². The molecule has 9 aromatic heterocycles. The van der Waals surface area contributed by atoms with Gasteiger partial charge in [-0.2, -0.15) is 0 Å². The number of benzene rings is 4. The number of anilines is 5. The van der Waals surface area contributed by atoms with Crippen LogP contribution in [0.25, 0.3) is 21.9 Å². The van der Waals surface area contributed by atoms with Crippen molar-refractivity contribution in [2.75, 3.05) is 16.4 Å². The molecule has 0 atom stereocenters. The molecule has 0 bridgehead atoms. The van der Waals surface area contributed by atoms with Crippen molar-refractivity contribution in [2.45, 2.75) is 113 Å². The van der Waals surface area contributed by atoms with E-state index < -0.39 is 24.2 Å². The fraction of sp³-hybridized carbons (Fsp3) is 0.207. The summed E-state index contributed by atoms with van der Waals surface area (Å²) < 4.78 is 7.95. The Bertz CT molecular complexity index is 5760. The first kappa shape index (κ1) is 89.4. The Morgan fingerprint density at radius 1 is 0.486 bits per heavy atom. The van der Waals surface area contributed by atoms with Crippen molar-refractivity contribution in [2.24, 2.45) is 0 Å². The van der Waals surface area contributed by atoms with Gasteiger partial charge in [0.15, 0.2) is 16.8 Å². The molecule has 0 saturated heterocycles. The molecule has 111 heavy (non-hydrogen) atoms. The third-order valence-corrected chi connectivity index (χ3v) is 21.5. The third-order valence-electron chi connectivity index (χ3n) is 15.7. The monoisotopic (exact) mass is 1750 g/mol. The summed E-state index contributed by atoms with van der Waals surface area (Å²) in [6.07, 6.45) is 18.8. The molecule has 0 amide bonds. The predicted octanol–water partition coefficient (Wildman–Crippen LogP) is 15.5. The average Bonchev–Trinajstić information content (AvgIpc) is 1.61. The van der Waals surface area contributed by atoms with E-state index >= 15 is 0 Å². The molecule has 0 fully saturated rings. The maximum Gasteiger partial charge on any atom is 1.00 e. The van der Waals surface area contributed by atoms with Crippen LogP contribution in [0.5, 0.6) is 0 Å². The summed E-state index contributed by atoms with van der Waals surface area (Å²) in [5, 5.41) is 9.96. The minimum Gasteiger partial charge on any atom is -1.00 e. The van der Waals surface area contributed by atoms with Crippen LogP contribution < -0.4 is 73.3 Å². The van der Waals surface area contributed by atoms with Crippen LogP contribution in [0.2, 0.25) is 79.5 Å². The molecule has 568 valence electrons. The van der Waals surface area contributed by atoms with E-state index in [2.05, 4.69) is 183 Å². The number of pyridine rings is 5. The molecular formula is C82H86Br2Cl4N15NaO4Si3. The molecule has 0 radical (unpaired) electrons. The van der Waals surface area contributed by atoms with Gasteiger partial charge in [0, 0.05) is 60.3 Å². The Labute approximate surface area is 710 Å². The smallest absolute Gasteiger partial charge is 1.00 e. The van der Waals surface area contributed by atoms with E-state index in [1.165, 1.54) is 37.5 Å². The summed E-state index contributed by atoms with van der Waals surface area (Å²) in [5.41, 5.74) is 21.2. The molecule has 0 aliphatic heterocycles. The predicted molar refractivity (Wildman–Crippen MR) is 470 cm³/mol. The number of nitrogens with zero attached hydrogens (tertiary/aromatic N) is 11. The first-order valence-corrected chi connectivity index (χ1v) is 48.3. The summed E-state index contributed by atoms with van der Waals surface area (Å²) in [6, 6.07) is 47.0. The fourth-order valence-electron chi connectivity index (χ4n) is 10.3. The molecule has 19 nitrogen and oxygen atoms in total. The Hall–Kier alpha value is -8.84. The standard InChI is InChI=1S/C22H23ClN4OSi.C21H23N3OSi.C17H14BrClN4O.C11H8Cl2N2O.C6H7BrN2.C5H10Si.Na.H/c1-16-12-18(10-11-29(2,3)4)20(24-13-16)26-21-22(28)27(15-19(23)25-21)14-17-8-6-5-7-9-17;1-14-10-16-18-17(26(2,3)4)13-24(12-15-8-6-5-7-9-15)21(25)19(18)23-20(16)22-11-14;1-11-7-13(18)15(20-8-11)22-16-17(24)23(10-14(19)21-16)9-12-5-3-2-4-6-12;12-9-7-15(11(16)10(13)14-9)6-8-4-2-1-3-5-8;1-4-2-5(7)6(8)9-3-4;1-5-6(2,3)4;;/h5-9,12-13,15H,14H2,1-4H3,(H,24,25,26);5-11,13H,12H2,1-4H3,(H,22,23);2-8,10H,9H2,1H3,(H,20,21,22);1-5,7H,6H2;2-3H,1H3,(H2,8,9);1H,2-4H3;;/q;;;;;;+1;-1. The van der Waals surface area contributed by atoms with Crippen LogP contribution in [-0.4, -0.2) is 82.4 Å². The van der Waals surface area contributed by atoms with Crippen LogP contribution in [0, 0.1) is 51.1 Å². The van der Waals surface area contributed by atoms with Gasteiger partial charge in [-0.15, -0.1) is 17.5 Å². The molecule has 13 aromatic rings. The number of terminal acetylenes is 1. The summed E-state index contributed by atoms with van der Waals surface area (Å²) in [6.45, 7) is 29.7. The normalized spacial score (nSPS) is 10.8. The number of aromatic amines is 1. The van der Waals surface area contributed by atoms with E-state index in [9.17, 15) is 19.2 Å². The summed E-state index contributed by atoms with van der Waals surface area (Å²) in [5.74, 6) is 5.03. The summed E-state index contributed by atoms with van der Waals surface area (Å²) in [4.78, 5) is 82.8. The second-order valence-corrected chi connectivity index (χ2v) is 46.5. The Morgan fingerprint density at radius 2 is 0.865 bits per heavy atom. The maximum atomic E-state index is 13.2. The number of halogens is 6. The summed E-state index contributed by atoms with van der Waals surface area (Å²) in [7, 11) is -4.34. The molecule has 13 rings (SSSR count). The fourth-order valence-corrected chi connectivity index (χ4v) is 14.2. The summed E-state index contributed by atoms with van der Waals surface area (Å²) >= 11 is 30.3. The van der Waals surface area contributed by atoms with Crippen molar-refractivity contribution in [1.82, 2.24) is 58.1 Å². The Morgan fingerprint density at radius 3 is 1.28 bits per heavy atom. The van der Waals surface area contributed by atoms with Crippen LogP contribution in [0.1, 0.15) is 51.5 Å². The first-order chi connectivity index (χ1) is 52.0. The van der Waals surface area contributed by atoms with Gasteiger partial charge in [0.05, 0.1) is 48.8 Å². The van der Waals surface area contributed by atoms with Crippen LogP contribution >= 0.6 is 78.3 Å². The zero-order valence-corrected chi connectivity index (χ0v) is 75.5. The number of nitrogens with two attached hydrogens (primary N) is 1. The minimum atomic E-state index is -1.68. The van der Waals surface area contributed by atoms with E-state index in [1.54, 1.807) is 18.6 Å². The van der Waals surface area contributed by atoms with Gasteiger partial charge in [-0.05, 0) is 134 Å². The van der Waals surface area contributed by atoms with E-state index in [-0.39, 0.29) is 85.5 Å². The third kappa shape index (κ3) is 27.5. The zero-order valence-electron chi connectivity index (χ0n) is 65.3. The van der Waals surface area contributed by atoms with Gasteiger partial charge in [0.1, 0.15) is 60.2 Å².